The van der Waals surface area contributed by atoms with Crippen molar-refractivity contribution in [3.05, 3.63) is 88.0 Å². The van der Waals surface area contributed by atoms with Crippen molar-refractivity contribution >= 4 is 31.6 Å². The second kappa shape index (κ2) is 14.6. The van der Waals surface area contributed by atoms with E-state index in [0.717, 1.165) is 54.8 Å². The van der Waals surface area contributed by atoms with E-state index < -0.39 is 13.9 Å². The van der Waals surface area contributed by atoms with Gasteiger partial charge in [0.05, 0.1) is 25.5 Å². The number of fused-ring (bicyclic) bond motifs is 5. The lowest BCUT2D eigenvalue weighted by Crippen LogP contribution is -2.53. The standard InChI is InChI=1S/C44H58ClFN2O4Si/c1-26(2)53(27(3)4)30(7)36-21-29(6)39-38(14-19-47-40(39)41(36)52-53)51-25-28(5)20-32-22-31-23-34(46)12-13-37(31)43(32)15-17-44(18-16-43,42(49)50-8)48-35-11-9-10-33(45)24-35/h9-14,19,23-24,26-30,32,36,41,48H,15-18,20-22,25H2,1-8H3/t28-,29-,30?,32+,36?,41-,43?,44?/m1/s1. The minimum absolute atomic E-state index is 0.0441. The van der Waals surface area contributed by atoms with Gasteiger partial charge in [0.15, 0.2) is 0 Å². The van der Waals surface area contributed by atoms with Gasteiger partial charge in [0.2, 0.25) is 8.32 Å². The molecular formula is C44H58ClFN2O4Si. The topological polar surface area (TPSA) is 69.7 Å². The maximum Gasteiger partial charge on any atom is 0.331 e. The maximum absolute atomic E-state index is 14.6. The first-order valence-corrected chi connectivity index (χ1v) is 22.5. The van der Waals surface area contributed by atoms with E-state index in [1.165, 1.54) is 18.2 Å². The number of halogens is 2. The highest BCUT2D eigenvalue weighted by molar-refractivity contribution is 6.78. The Bertz CT molecular complexity index is 1820. The van der Waals surface area contributed by atoms with Gasteiger partial charge in [-0.05, 0) is 138 Å². The van der Waals surface area contributed by atoms with Crippen LogP contribution in [0.4, 0.5) is 10.1 Å². The summed E-state index contributed by atoms with van der Waals surface area (Å²) in [6.45, 7) is 17.1. The number of ether oxygens (including phenoxy) is 2. The molecule has 2 fully saturated rings. The molecule has 1 saturated carbocycles. The van der Waals surface area contributed by atoms with Gasteiger partial charge in [-0.25, -0.2) is 9.18 Å². The number of nitrogens with zero attached hydrogens (tertiary/aromatic N) is 1. The van der Waals surface area contributed by atoms with E-state index in [2.05, 4.69) is 53.8 Å². The summed E-state index contributed by atoms with van der Waals surface area (Å²) < 4.78 is 34.1. The molecule has 1 spiro atoms. The predicted octanol–water partition coefficient (Wildman–Crippen LogP) is 11.3. The average Bonchev–Trinajstić information content (AvgIpc) is 3.59. The first-order valence-electron chi connectivity index (χ1n) is 19.9. The van der Waals surface area contributed by atoms with Gasteiger partial charge in [-0.15, -0.1) is 0 Å². The Labute approximate surface area is 322 Å². The van der Waals surface area contributed by atoms with Crippen LogP contribution in [-0.4, -0.2) is 38.5 Å². The number of anilines is 1. The molecule has 2 aromatic carbocycles. The summed E-state index contributed by atoms with van der Waals surface area (Å²) >= 11 is 6.32. The minimum atomic E-state index is -2.02. The smallest absolute Gasteiger partial charge is 0.331 e. The fourth-order valence-electron chi connectivity index (χ4n) is 11.6. The van der Waals surface area contributed by atoms with Crippen LogP contribution in [0.5, 0.6) is 5.75 Å². The van der Waals surface area contributed by atoms with Gasteiger partial charge < -0.3 is 19.2 Å². The highest BCUT2D eigenvalue weighted by atomic mass is 35.5. The number of hydrogen-bond acceptors (Lipinski definition) is 6. The number of pyridine rings is 1. The molecule has 9 heteroatoms. The van der Waals surface area contributed by atoms with Gasteiger partial charge in [0, 0.05) is 22.5 Å². The Morgan fingerprint density at radius 1 is 1.06 bits per heavy atom. The lowest BCUT2D eigenvalue weighted by Gasteiger charge is -2.47. The quantitative estimate of drug-likeness (QED) is 0.164. The zero-order valence-electron chi connectivity index (χ0n) is 32.8. The molecule has 1 saturated heterocycles. The molecule has 4 aliphatic rings. The van der Waals surface area contributed by atoms with Crippen LogP contribution in [0.1, 0.15) is 121 Å². The molecule has 53 heavy (non-hydrogen) atoms. The van der Waals surface area contributed by atoms with Crippen molar-refractivity contribution in [3.8, 4) is 5.75 Å². The largest absolute Gasteiger partial charge is 0.493 e. The van der Waals surface area contributed by atoms with E-state index in [4.69, 9.17) is 30.5 Å². The molecule has 1 N–H and O–H groups in total. The van der Waals surface area contributed by atoms with Crippen LogP contribution < -0.4 is 10.1 Å². The highest BCUT2D eigenvalue weighted by Crippen LogP contribution is 2.63. The molecule has 3 aliphatic carbocycles. The summed E-state index contributed by atoms with van der Waals surface area (Å²) in [7, 11) is -0.563. The number of hydrogen-bond donors (Lipinski definition) is 1. The zero-order chi connectivity index (χ0) is 37.9. The highest BCUT2D eigenvalue weighted by Gasteiger charge is 2.60. The number of aromatic nitrogens is 1. The van der Waals surface area contributed by atoms with Gasteiger partial charge in [-0.2, -0.15) is 0 Å². The second-order valence-corrected chi connectivity index (χ2v) is 23.2. The van der Waals surface area contributed by atoms with E-state index in [-0.39, 0.29) is 29.2 Å². The van der Waals surface area contributed by atoms with E-state index in [0.29, 0.717) is 58.8 Å². The minimum Gasteiger partial charge on any atom is -0.493 e. The van der Waals surface area contributed by atoms with Crippen molar-refractivity contribution in [2.75, 3.05) is 19.0 Å². The van der Waals surface area contributed by atoms with Gasteiger partial charge >= 0.3 is 5.97 Å². The summed E-state index contributed by atoms with van der Waals surface area (Å²) in [6, 6.07) is 14.9. The molecule has 0 amide bonds. The van der Waals surface area contributed by atoms with Crippen LogP contribution in [0, 0.1) is 23.6 Å². The summed E-state index contributed by atoms with van der Waals surface area (Å²) in [4.78, 5) is 18.4. The van der Waals surface area contributed by atoms with Crippen LogP contribution >= 0.6 is 11.6 Å². The van der Waals surface area contributed by atoms with E-state index in [1.54, 1.807) is 12.1 Å². The third kappa shape index (κ3) is 6.52. The molecule has 2 unspecified atom stereocenters. The third-order valence-corrected chi connectivity index (χ3v) is 20.4. The number of benzene rings is 2. The van der Waals surface area contributed by atoms with Crippen molar-refractivity contribution in [1.29, 1.82) is 0 Å². The lowest BCUT2D eigenvalue weighted by molar-refractivity contribution is -0.148. The van der Waals surface area contributed by atoms with Crippen molar-refractivity contribution in [2.24, 2.45) is 17.8 Å². The van der Waals surface area contributed by atoms with Crippen molar-refractivity contribution in [2.45, 2.75) is 133 Å². The summed E-state index contributed by atoms with van der Waals surface area (Å²) in [5.41, 5.74) is 6.09. The molecule has 0 bridgehead atoms. The molecular weight excluding hydrogens is 703 g/mol. The maximum atomic E-state index is 14.6. The third-order valence-electron chi connectivity index (χ3n) is 14.1. The monoisotopic (exact) mass is 760 g/mol. The summed E-state index contributed by atoms with van der Waals surface area (Å²) in [6.07, 6.45) is 7.61. The van der Waals surface area contributed by atoms with Crippen LogP contribution in [0.15, 0.2) is 54.7 Å². The Morgan fingerprint density at radius 2 is 1.79 bits per heavy atom. The molecule has 6 nitrogen and oxygen atoms in total. The van der Waals surface area contributed by atoms with Crippen molar-refractivity contribution < 1.29 is 23.1 Å². The SMILES string of the molecule is COC(=O)C1(Nc2cccc(Cl)c2)CCC2(CC1)c1ccc(F)cc1C[C@@H]2C[C@@H](C)COc1ccnc2c1[C@H](C)CC1C(C)[Si](C(C)C)(C(C)C)O[C@@H]21. The van der Waals surface area contributed by atoms with Gasteiger partial charge in [0.1, 0.15) is 17.1 Å². The first-order chi connectivity index (χ1) is 25.2. The zero-order valence-corrected chi connectivity index (χ0v) is 34.6. The van der Waals surface area contributed by atoms with Gasteiger partial charge in [-0.3, -0.25) is 4.98 Å². The first kappa shape index (κ1) is 38.3. The summed E-state index contributed by atoms with van der Waals surface area (Å²) in [5.74, 6) is 1.88. The molecule has 6 atom stereocenters. The van der Waals surface area contributed by atoms with Crippen LogP contribution in [0.3, 0.4) is 0 Å². The van der Waals surface area contributed by atoms with Crippen molar-refractivity contribution in [3.63, 3.8) is 0 Å². The molecule has 1 aromatic heterocycles. The number of carbonyl (C=O) groups is 1. The van der Waals surface area contributed by atoms with Crippen LogP contribution in [0.2, 0.25) is 21.6 Å². The molecule has 7 rings (SSSR count). The molecule has 1 aliphatic heterocycles. The number of carbonyl (C=O) groups excluding carboxylic acids is 1. The Hall–Kier alpha value is -2.94. The number of nitrogens with one attached hydrogen (secondary N) is 1. The fourth-order valence-corrected chi connectivity index (χ4v) is 17.7. The molecule has 3 aromatic rings. The molecule has 2 heterocycles. The van der Waals surface area contributed by atoms with Crippen LogP contribution in [0.25, 0.3) is 0 Å². The average molecular weight is 761 g/mol. The van der Waals surface area contributed by atoms with E-state index in [9.17, 15) is 9.18 Å². The Morgan fingerprint density at radius 3 is 2.47 bits per heavy atom. The number of esters is 1. The Balaban J connectivity index is 1.10. The molecule has 0 radical (unpaired) electrons. The second-order valence-electron chi connectivity index (χ2n) is 17.6. The normalized spacial score (nSPS) is 30.5. The predicted molar refractivity (Wildman–Crippen MR) is 213 cm³/mol. The number of rotatable bonds is 10. The van der Waals surface area contributed by atoms with E-state index in [1.807, 2.05) is 42.6 Å². The molecule has 286 valence electrons. The van der Waals surface area contributed by atoms with Crippen molar-refractivity contribution in [1.82, 2.24) is 4.98 Å². The van der Waals surface area contributed by atoms with Gasteiger partial charge in [-0.1, -0.05) is 72.2 Å². The van der Waals surface area contributed by atoms with E-state index >= 15 is 0 Å². The summed E-state index contributed by atoms with van der Waals surface area (Å²) in [5, 5.41) is 4.14. The van der Waals surface area contributed by atoms with Crippen LogP contribution in [-0.2, 0) is 25.8 Å². The fraction of sp³-hybridized carbons (Fsp3) is 0.591. The number of methoxy groups -OCH3 is 1. The Kier molecular flexibility index (Phi) is 10.6. The van der Waals surface area contributed by atoms with Gasteiger partial charge in [0.25, 0.3) is 0 Å². The lowest BCUT2D eigenvalue weighted by atomic mass is 9.59.